The van der Waals surface area contributed by atoms with Crippen LogP contribution in [0.4, 0.5) is 27.9 Å². The van der Waals surface area contributed by atoms with Crippen LogP contribution in [-0.4, -0.2) is 50.2 Å². The first kappa shape index (κ1) is 23.1. The minimum absolute atomic E-state index is 0.162. The Morgan fingerprint density at radius 1 is 1.18 bits per heavy atom. The van der Waals surface area contributed by atoms with Crippen LogP contribution in [0.2, 0.25) is 0 Å². The molecule has 0 bridgehead atoms. The van der Waals surface area contributed by atoms with Crippen LogP contribution in [0, 0.1) is 11.6 Å². The summed E-state index contributed by atoms with van der Waals surface area (Å²) in [5.41, 5.74) is -2.70. The van der Waals surface area contributed by atoms with Crippen molar-refractivity contribution in [1.29, 1.82) is 0 Å². The van der Waals surface area contributed by atoms with Gasteiger partial charge in [-0.05, 0) is 32.8 Å². The molecule has 1 aliphatic heterocycles. The number of nitrogens with zero attached hydrogens (tertiary/aromatic N) is 5. The Kier molecular flexibility index (Phi) is 5.67. The van der Waals surface area contributed by atoms with Crippen LogP contribution in [0.1, 0.15) is 32.3 Å². The van der Waals surface area contributed by atoms with Crippen LogP contribution in [0.3, 0.4) is 0 Å². The molecule has 3 aromatic rings. The Morgan fingerprint density at radius 2 is 1.85 bits per heavy atom. The van der Waals surface area contributed by atoms with E-state index in [1.54, 1.807) is 0 Å². The van der Waals surface area contributed by atoms with Gasteiger partial charge in [-0.2, -0.15) is 23.3 Å². The van der Waals surface area contributed by atoms with Crippen LogP contribution < -0.4 is 4.90 Å². The normalized spacial score (nSPS) is 16.5. The molecular formula is C21H22F5N5O2. The Hall–Kier alpha value is -3.02. The van der Waals surface area contributed by atoms with Crippen LogP contribution in [0.5, 0.6) is 5.75 Å². The molecule has 1 saturated heterocycles. The van der Waals surface area contributed by atoms with Gasteiger partial charge in [-0.25, -0.2) is 18.4 Å². The Balaban J connectivity index is 1.74. The van der Waals surface area contributed by atoms with Crippen LogP contribution >= 0.6 is 0 Å². The zero-order valence-corrected chi connectivity index (χ0v) is 18.2. The van der Waals surface area contributed by atoms with Crippen molar-refractivity contribution >= 4 is 17.0 Å². The van der Waals surface area contributed by atoms with E-state index in [0.717, 1.165) is 12.8 Å². The van der Waals surface area contributed by atoms with Gasteiger partial charge in [0, 0.05) is 38.5 Å². The number of ether oxygens (including phenoxy) is 1. The number of benzene rings is 1. The van der Waals surface area contributed by atoms with Crippen LogP contribution in [-0.2, 0) is 18.0 Å². The molecule has 2 aromatic heterocycles. The molecule has 7 nitrogen and oxygen atoms in total. The number of hydrogen-bond acceptors (Lipinski definition) is 6. The molecule has 1 aromatic carbocycles. The van der Waals surface area contributed by atoms with Gasteiger partial charge in [0.1, 0.15) is 5.69 Å². The average molecular weight is 471 g/mol. The number of aryl methyl sites for hydroxylation is 1. The first-order valence-electron chi connectivity index (χ1n) is 10.3. The standard InChI is InChI=1S/C21H22F5N5O2/c1-4-33-20(2)5-7-31(8-6-20)19-27-10-12-16(29-30(3)18(12)28-19)11-9-13(21(24,25)26)15(23)17(32)14(11)22/h9-10,32H,4-8H2,1-3H3. The highest BCUT2D eigenvalue weighted by molar-refractivity contribution is 5.91. The Labute approximate surface area is 185 Å². The third kappa shape index (κ3) is 4.07. The summed E-state index contributed by atoms with van der Waals surface area (Å²) >= 11 is 0. The number of hydrogen-bond donors (Lipinski definition) is 1. The topological polar surface area (TPSA) is 76.3 Å². The van der Waals surface area contributed by atoms with Gasteiger partial charge in [0.25, 0.3) is 0 Å². The number of phenolic OH excluding ortho intramolecular Hbond substituents is 1. The number of anilines is 1. The third-order valence-corrected chi connectivity index (χ3v) is 5.90. The second-order valence-electron chi connectivity index (χ2n) is 8.20. The quantitative estimate of drug-likeness (QED) is 0.568. The molecule has 0 spiro atoms. The van der Waals surface area contributed by atoms with E-state index in [0.29, 0.717) is 31.7 Å². The highest BCUT2D eigenvalue weighted by atomic mass is 19.4. The molecule has 1 N–H and O–H groups in total. The largest absolute Gasteiger partial charge is 0.503 e. The molecule has 0 saturated carbocycles. The molecule has 178 valence electrons. The van der Waals surface area contributed by atoms with E-state index in [4.69, 9.17) is 4.74 Å². The van der Waals surface area contributed by atoms with Crippen molar-refractivity contribution in [2.75, 3.05) is 24.6 Å². The van der Waals surface area contributed by atoms with Gasteiger partial charge >= 0.3 is 6.18 Å². The van der Waals surface area contributed by atoms with Crippen molar-refractivity contribution < 1.29 is 31.8 Å². The summed E-state index contributed by atoms with van der Waals surface area (Å²) in [4.78, 5) is 10.7. The maximum absolute atomic E-state index is 14.6. The summed E-state index contributed by atoms with van der Waals surface area (Å²) in [6.45, 7) is 5.88. The molecule has 3 heterocycles. The van der Waals surface area contributed by atoms with Gasteiger partial charge in [0.15, 0.2) is 23.0 Å². The summed E-state index contributed by atoms with van der Waals surface area (Å²) in [5.74, 6) is -4.95. The Bertz CT molecular complexity index is 1200. The number of halogens is 5. The lowest BCUT2D eigenvalue weighted by molar-refractivity contribution is -0.140. The van der Waals surface area contributed by atoms with Crippen molar-refractivity contribution in [3.63, 3.8) is 0 Å². The fraction of sp³-hybridized carbons (Fsp3) is 0.476. The lowest BCUT2D eigenvalue weighted by Crippen LogP contribution is -2.44. The van der Waals surface area contributed by atoms with Gasteiger partial charge in [-0.3, -0.25) is 0 Å². The maximum Gasteiger partial charge on any atom is 0.419 e. The molecule has 0 radical (unpaired) electrons. The van der Waals surface area contributed by atoms with Crippen molar-refractivity contribution in [2.24, 2.45) is 7.05 Å². The number of aromatic hydroxyl groups is 1. The molecule has 4 rings (SSSR count). The lowest BCUT2D eigenvalue weighted by Gasteiger charge is -2.39. The van der Waals surface area contributed by atoms with Gasteiger partial charge < -0.3 is 14.7 Å². The lowest BCUT2D eigenvalue weighted by atomic mass is 9.93. The maximum atomic E-state index is 14.6. The van der Waals surface area contributed by atoms with Crippen LogP contribution in [0.25, 0.3) is 22.3 Å². The molecule has 0 unspecified atom stereocenters. The fourth-order valence-corrected chi connectivity index (χ4v) is 4.05. The summed E-state index contributed by atoms with van der Waals surface area (Å²) < 4.78 is 75.1. The number of phenols is 1. The third-order valence-electron chi connectivity index (χ3n) is 5.90. The van der Waals surface area contributed by atoms with Gasteiger partial charge in [-0.1, -0.05) is 0 Å². The number of rotatable bonds is 4. The Morgan fingerprint density at radius 3 is 2.45 bits per heavy atom. The molecule has 33 heavy (non-hydrogen) atoms. The molecule has 0 amide bonds. The first-order chi connectivity index (χ1) is 15.4. The molecule has 12 heteroatoms. The van der Waals surface area contributed by atoms with Gasteiger partial charge in [-0.15, -0.1) is 0 Å². The number of fused-ring (bicyclic) bond motifs is 1. The predicted molar refractivity (Wildman–Crippen MR) is 110 cm³/mol. The number of alkyl halides is 3. The second kappa shape index (κ2) is 8.08. The van der Waals surface area contributed by atoms with Crippen LogP contribution in [0.15, 0.2) is 12.3 Å². The van der Waals surface area contributed by atoms with E-state index in [-0.39, 0.29) is 22.3 Å². The minimum atomic E-state index is -5.14. The summed E-state index contributed by atoms with van der Waals surface area (Å²) in [6.07, 6.45) is -2.27. The first-order valence-corrected chi connectivity index (χ1v) is 10.3. The number of piperidine rings is 1. The zero-order chi connectivity index (χ0) is 24.1. The summed E-state index contributed by atoms with van der Waals surface area (Å²) in [5, 5.41) is 13.9. The van der Waals surface area contributed by atoms with Crippen molar-refractivity contribution in [2.45, 2.75) is 38.5 Å². The molecule has 1 aliphatic rings. The monoisotopic (exact) mass is 471 g/mol. The van der Waals surface area contributed by atoms with E-state index in [1.165, 1.54) is 17.9 Å². The molecule has 0 aliphatic carbocycles. The van der Waals surface area contributed by atoms with Gasteiger partial charge in [0.2, 0.25) is 5.95 Å². The van der Waals surface area contributed by atoms with E-state index in [1.807, 2.05) is 18.7 Å². The van der Waals surface area contributed by atoms with Crippen molar-refractivity contribution in [3.05, 3.63) is 29.5 Å². The molecule has 0 atom stereocenters. The van der Waals surface area contributed by atoms with E-state index in [9.17, 15) is 27.1 Å². The highest BCUT2D eigenvalue weighted by Gasteiger charge is 2.38. The van der Waals surface area contributed by atoms with E-state index in [2.05, 4.69) is 15.1 Å². The van der Waals surface area contributed by atoms with E-state index >= 15 is 0 Å². The minimum Gasteiger partial charge on any atom is -0.503 e. The van der Waals surface area contributed by atoms with Crippen molar-refractivity contribution in [3.8, 4) is 17.0 Å². The van der Waals surface area contributed by atoms with Gasteiger partial charge in [0.05, 0.1) is 16.6 Å². The second-order valence-corrected chi connectivity index (χ2v) is 8.20. The fourth-order valence-electron chi connectivity index (χ4n) is 4.05. The summed E-state index contributed by atoms with van der Waals surface area (Å²) in [6, 6.07) is 0.291. The smallest absolute Gasteiger partial charge is 0.419 e. The molecule has 1 fully saturated rings. The average Bonchev–Trinajstić information content (AvgIpc) is 3.07. The molecular weight excluding hydrogens is 449 g/mol. The predicted octanol–water partition coefficient (Wildman–Crippen LogP) is 4.43. The number of aromatic nitrogens is 4. The zero-order valence-electron chi connectivity index (χ0n) is 18.2. The highest BCUT2D eigenvalue weighted by Crippen LogP contribution is 2.41. The SMILES string of the molecule is CCOC1(C)CCN(c2ncc3c(-c4cc(C(F)(F)F)c(F)c(O)c4F)nn(C)c3n2)CC1. The van der Waals surface area contributed by atoms with E-state index < -0.39 is 34.7 Å². The summed E-state index contributed by atoms with van der Waals surface area (Å²) in [7, 11) is 1.50. The van der Waals surface area contributed by atoms with Crippen molar-refractivity contribution in [1.82, 2.24) is 19.7 Å².